The number of benzene rings is 2. The molecule has 0 aliphatic carbocycles. The summed E-state index contributed by atoms with van der Waals surface area (Å²) >= 11 is 12.0. The topological polar surface area (TPSA) is 35.6 Å². The molecule has 2 aromatic carbocycles. The Morgan fingerprint density at radius 3 is 2.52 bits per heavy atom. The van der Waals surface area contributed by atoms with Crippen LogP contribution in [0.2, 0.25) is 10.0 Å². The molecule has 4 nitrogen and oxygen atoms in total. The molecule has 1 aliphatic rings. The maximum absolute atomic E-state index is 13.7. The monoisotopic (exact) mass is 381 g/mol. The fraction of sp³-hybridized carbons (Fsp3) is 0.278. The van der Waals surface area contributed by atoms with Crippen molar-refractivity contribution in [3.8, 4) is 0 Å². The summed E-state index contributed by atoms with van der Waals surface area (Å²) in [5.41, 5.74) is 1.17. The molecule has 3 rings (SSSR count). The van der Waals surface area contributed by atoms with E-state index in [1.807, 2.05) is 6.07 Å². The summed E-state index contributed by atoms with van der Waals surface area (Å²) in [4.78, 5) is 16.2. The Labute approximate surface area is 156 Å². The SMILES string of the molecule is O=C(Nc1cc(Cl)ccc1Cl)N1CCN(Cc2ccccc2F)CC1. The van der Waals surface area contributed by atoms with Crippen molar-refractivity contribution in [1.29, 1.82) is 0 Å². The molecular formula is C18H18Cl2FN3O. The molecule has 0 saturated carbocycles. The summed E-state index contributed by atoms with van der Waals surface area (Å²) in [5.74, 6) is -0.196. The third-order valence-corrected chi connectivity index (χ3v) is 4.75. The van der Waals surface area contributed by atoms with Crippen LogP contribution < -0.4 is 5.32 Å². The van der Waals surface area contributed by atoms with Crippen LogP contribution in [0.4, 0.5) is 14.9 Å². The second kappa shape index (κ2) is 8.04. The lowest BCUT2D eigenvalue weighted by Crippen LogP contribution is -2.49. The molecule has 0 atom stereocenters. The molecule has 1 saturated heterocycles. The van der Waals surface area contributed by atoms with Gasteiger partial charge in [0.2, 0.25) is 0 Å². The van der Waals surface area contributed by atoms with Crippen LogP contribution in [0.3, 0.4) is 0 Å². The second-order valence-electron chi connectivity index (χ2n) is 5.91. The summed E-state index contributed by atoms with van der Waals surface area (Å²) in [6.45, 7) is 3.05. The molecule has 1 N–H and O–H groups in total. The largest absolute Gasteiger partial charge is 0.322 e. The molecule has 0 aromatic heterocycles. The van der Waals surface area contributed by atoms with Crippen LogP contribution in [0.1, 0.15) is 5.56 Å². The van der Waals surface area contributed by atoms with Gasteiger partial charge in [-0.1, -0.05) is 41.4 Å². The molecule has 2 aromatic rings. The van der Waals surface area contributed by atoms with Gasteiger partial charge in [-0.05, 0) is 24.3 Å². The van der Waals surface area contributed by atoms with E-state index < -0.39 is 0 Å². The summed E-state index contributed by atoms with van der Waals surface area (Å²) in [5, 5.41) is 3.74. The van der Waals surface area contributed by atoms with E-state index in [1.165, 1.54) is 6.07 Å². The van der Waals surface area contributed by atoms with Crippen LogP contribution >= 0.6 is 23.2 Å². The smallest absolute Gasteiger partial charge is 0.321 e. The number of rotatable bonds is 3. The lowest BCUT2D eigenvalue weighted by Gasteiger charge is -2.34. The summed E-state index contributed by atoms with van der Waals surface area (Å²) < 4.78 is 13.7. The van der Waals surface area contributed by atoms with Gasteiger partial charge in [-0.25, -0.2) is 9.18 Å². The van der Waals surface area contributed by atoms with E-state index in [1.54, 1.807) is 35.2 Å². The molecular weight excluding hydrogens is 364 g/mol. The van der Waals surface area contributed by atoms with Crippen LogP contribution in [-0.2, 0) is 6.54 Å². The average molecular weight is 382 g/mol. The van der Waals surface area contributed by atoms with Gasteiger partial charge in [-0.3, -0.25) is 4.90 Å². The minimum atomic E-state index is -0.213. The van der Waals surface area contributed by atoms with Gasteiger partial charge in [-0.2, -0.15) is 0 Å². The fourth-order valence-corrected chi connectivity index (χ4v) is 3.10. The first-order valence-electron chi connectivity index (χ1n) is 7.99. The molecule has 2 amide bonds. The molecule has 25 heavy (non-hydrogen) atoms. The first kappa shape index (κ1) is 18.0. The average Bonchev–Trinajstić information content (AvgIpc) is 2.61. The maximum Gasteiger partial charge on any atom is 0.321 e. The van der Waals surface area contributed by atoms with Crippen molar-refractivity contribution in [3.63, 3.8) is 0 Å². The third-order valence-electron chi connectivity index (χ3n) is 4.18. The van der Waals surface area contributed by atoms with E-state index in [9.17, 15) is 9.18 Å². The number of anilines is 1. The molecule has 0 unspecified atom stereocenters. The number of piperazine rings is 1. The highest BCUT2D eigenvalue weighted by molar-refractivity contribution is 6.35. The van der Waals surface area contributed by atoms with Crippen LogP contribution in [0.15, 0.2) is 42.5 Å². The number of nitrogens with one attached hydrogen (secondary N) is 1. The number of hydrogen-bond acceptors (Lipinski definition) is 2. The van der Waals surface area contributed by atoms with E-state index in [0.717, 1.165) is 0 Å². The van der Waals surface area contributed by atoms with Crippen LogP contribution in [-0.4, -0.2) is 42.0 Å². The van der Waals surface area contributed by atoms with E-state index in [4.69, 9.17) is 23.2 Å². The molecule has 7 heteroatoms. The number of carbonyl (C=O) groups is 1. The Bertz CT molecular complexity index is 764. The van der Waals surface area contributed by atoms with Crippen molar-refractivity contribution >= 4 is 34.9 Å². The number of urea groups is 1. The van der Waals surface area contributed by atoms with Crippen molar-refractivity contribution in [2.24, 2.45) is 0 Å². The number of nitrogens with zero attached hydrogens (tertiary/aromatic N) is 2. The molecule has 0 bridgehead atoms. The second-order valence-corrected chi connectivity index (χ2v) is 6.75. The van der Waals surface area contributed by atoms with Gasteiger partial charge in [0.05, 0.1) is 10.7 Å². The Kier molecular flexibility index (Phi) is 5.78. The quantitative estimate of drug-likeness (QED) is 0.850. The summed E-state index contributed by atoms with van der Waals surface area (Å²) in [6, 6.07) is 11.5. The number of hydrogen-bond donors (Lipinski definition) is 1. The number of amides is 2. The van der Waals surface area contributed by atoms with E-state index >= 15 is 0 Å². The first-order valence-corrected chi connectivity index (χ1v) is 8.75. The van der Waals surface area contributed by atoms with Gasteiger partial charge in [0.1, 0.15) is 5.82 Å². The van der Waals surface area contributed by atoms with Gasteiger partial charge in [0, 0.05) is 43.3 Å². The lowest BCUT2D eigenvalue weighted by molar-refractivity contribution is 0.142. The predicted molar refractivity (Wildman–Crippen MR) is 98.7 cm³/mol. The molecule has 1 heterocycles. The van der Waals surface area contributed by atoms with E-state index in [0.29, 0.717) is 54.0 Å². The minimum Gasteiger partial charge on any atom is -0.322 e. The Morgan fingerprint density at radius 1 is 1.08 bits per heavy atom. The third kappa shape index (κ3) is 4.63. The van der Waals surface area contributed by atoms with Gasteiger partial charge < -0.3 is 10.2 Å². The van der Waals surface area contributed by atoms with Gasteiger partial charge in [0.25, 0.3) is 0 Å². The summed E-state index contributed by atoms with van der Waals surface area (Å²) in [7, 11) is 0. The highest BCUT2D eigenvalue weighted by Crippen LogP contribution is 2.25. The standard InChI is InChI=1S/C18H18Cl2FN3O/c19-14-5-6-15(20)17(11-14)22-18(25)24-9-7-23(8-10-24)12-13-3-1-2-4-16(13)21/h1-6,11H,7-10,12H2,(H,22,25). The minimum absolute atomic E-state index is 0.196. The zero-order valence-corrected chi connectivity index (χ0v) is 15.0. The van der Waals surface area contributed by atoms with Crippen LogP contribution in [0.25, 0.3) is 0 Å². The van der Waals surface area contributed by atoms with Crippen LogP contribution in [0, 0.1) is 5.82 Å². The Morgan fingerprint density at radius 2 is 1.80 bits per heavy atom. The molecule has 0 radical (unpaired) electrons. The van der Waals surface area contributed by atoms with Crippen molar-refractivity contribution in [3.05, 3.63) is 63.9 Å². The number of halogens is 3. The molecule has 132 valence electrons. The van der Waals surface area contributed by atoms with Crippen molar-refractivity contribution in [1.82, 2.24) is 9.80 Å². The first-order chi connectivity index (χ1) is 12.0. The molecule has 1 aliphatic heterocycles. The van der Waals surface area contributed by atoms with E-state index in [-0.39, 0.29) is 11.8 Å². The summed E-state index contributed by atoms with van der Waals surface area (Å²) in [6.07, 6.45) is 0. The van der Waals surface area contributed by atoms with E-state index in [2.05, 4.69) is 10.2 Å². The highest BCUT2D eigenvalue weighted by atomic mass is 35.5. The van der Waals surface area contributed by atoms with Crippen molar-refractivity contribution < 1.29 is 9.18 Å². The predicted octanol–water partition coefficient (Wildman–Crippen LogP) is 4.48. The lowest BCUT2D eigenvalue weighted by atomic mass is 10.2. The molecule has 1 fully saturated rings. The zero-order valence-electron chi connectivity index (χ0n) is 13.5. The van der Waals surface area contributed by atoms with Crippen molar-refractivity contribution in [2.45, 2.75) is 6.54 Å². The highest BCUT2D eigenvalue weighted by Gasteiger charge is 2.22. The van der Waals surface area contributed by atoms with Crippen molar-refractivity contribution in [2.75, 3.05) is 31.5 Å². The number of carbonyl (C=O) groups excluding carboxylic acids is 1. The normalized spacial score (nSPS) is 15.2. The maximum atomic E-state index is 13.7. The van der Waals surface area contributed by atoms with Crippen LogP contribution in [0.5, 0.6) is 0 Å². The van der Waals surface area contributed by atoms with Gasteiger partial charge >= 0.3 is 6.03 Å². The zero-order chi connectivity index (χ0) is 17.8. The Balaban J connectivity index is 1.54. The molecule has 0 spiro atoms. The fourth-order valence-electron chi connectivity index (χ4n) is 2.76. The van der Waals surface area contributed by atoms with Gasteiger partial charge in [0.15, 0.2) is 0 Å². The Hall–Kier alpha value is -1.82. The van der Waals surface area contributed by atoms with Gasteiger partial charge in [-0.15, -0.1) is 0 Å².